The summed E-state index contributed by atoms with van der Waals surface area (Å²) in [6, 6.07) is 0.680. The number of carbonyl (C=O) groups excluding carboxylic acids is 1. The second-order valence-corrected chi connectivity index (χ2v) is 6.28. The Bertz CT molecular complexity index is 276. The molecular formula is C15H27NO2. The van der Waals surface area contributed by atoms with Crippen LogP contribution in [0, 0.1) is 11.8 Å². The Labute approximate surface area is 111 Å². The molecule has 3 heteroatoms. The van der Waals surface area contributed by atoms with Crippen LogP contribution in [-0.4, -0.2) is 36.6 Å². The number of hydrogen-bond donors (Lipinski definition) is 0. The van der Waals surface area contributed by atoms with Crippen molar-refractivity contribution in [1.29, 1.82) is 0 Å². The van der Waals surface area contributed by atoms with Crippen LogP contribution < -0.4 is 0 Å². The highest BCUT2D eigenvalue weighted by molar-refractivity contribution is 5.69. The van der Waals surface area contributed by atoms with Gasteiger partial charge in [-0.15, -0.1) is 0 Å². The molecule has 2 saturated heterocycles. The van der Waals surface area contributed by atoms with Crippen LogP contribution in [0.25, 0.3) is 0 Å². The molecule has 104 valence electrons. The summed E-state index contributed by atoms with van der Waals surface area (Å²) in [6.07, 6.45) is 7.04. The minimum absolute atomic E-state index is 0.0158. The predicted octanol–water partition coefficient (Wildman–Crippen LogP) is 2.84. The molecule has 0 unspecified atom stereocenters. The number of rotatable bonds is 4. The first-order valence-electron chi connectivity index (χ1n) is 7.56. The standard InChI is InChI=1S/C15H27NO2/c1-12(2)10-15(17)18-11-13-6-5-9-16-8-4-3-7-14(13)16/h12-14H,3-11H2,1-2H3/t13-,14+/m0/s1. The summed E-state index contributed by atoms with van der Waals surface area (Å²) in [4.78, 5) is 14.2. The first kappa shape index (κ1) is 13.9. The molecule has 2 rings (SSSR count). The van der Waals surface area contributed by atoms with Gasteiger partial charge < -0.3 is 4.74 Å². The van der Waals surface area contributed by atoms with E-state index in [0.717, 1.165) is 0 Å². The maximum absolute atomic E-state index is 11.6. The Hall–Kier alpha value is -0.570. The number of nitrogens with zero attached hydrogens (tertiary/aromatic N) is 1. The van der Waals surface area contributed by atoms with Crippen molar-refractivity contribution >= 4 is 5.97 Å². The second kappa shape index (κ2) is 6.55. The van der Waals surface area contributed by atoms with Gasteiger partial charge in [-0.05, 0) is 44.7 Å². The number of esters is 1. The summed E-state index contributed by atoms with van der Waals surface area (Å²) in [5.74, 6) is 0.961. The van der Waals surface area contributed by atoms with Gasteiger partial charge in [-0.2, -0.15) is 0 Å². The van der Waals surface area contributed by atoms with E-state index in [-0.39, 0.29) is 5.97 Å². The van der Waals surface area contributed by atoms with Gasteiger partial charge in [-0.25, -0.2) is 0 Å². The van der Waals surface area contributed by atoms with Crippen molar-refractivity contribution in [3.63, 3.8) is 0 Å². The zero-order chi connectivity index (χ0) is 13.0. The fourth-order valence-electron chi connectivity index (χ4n) is 3.36. The van der Waals surface area contributed by atoms with Crippen molar-refractivity contribution in [1.82, 2.24) is 4.90 Å². The lowest BCUT2D eigenvalue weighted by Gasteiger charge is -2.44. The third kappa shape index (κ3) is 3.71. The van der Waals surface area contributed by atoms with Crippen molar-refractivity contribution in [2.75, 3.05) is 19.7 Å². The van der Waals surface area contributed by atoms with Gasteiger partial charge in [0.05, 0.1) is 6.61 Å². The van der Waals surface area contributed by atoms with Crippen LogP contribution in [0.2, 0.25) is 0 Å². The Kier molecular flexibility index (Phi) is 5.04. The van der Waals surface area contributed by atoms with E-state index in [1.165, 1.54) is 45.2 Å². The predicted molar refractivity (Wildman–Crippen MR) is 72.4 cm³/mol. The van der Waals surface area contributed by atoms with Gasteiger partial charge >= 0.3 is 5.97 Å². The third-order valence-corrected chi connectivity index (χ3v) is 4.26. The number of fused-ring (bicyclic) bond motifs is 1. The largest absolute Gasteiger partial charge is 0.465 e. The molecule has 0 aromatic rings. The summed E-state index contributed by atoms with van der Waals surface area (Å²) in [5, 5.41) is 0. The molecular weight excluding hydrogens is 226 g/mol. The molecule has 0 bridgehead atoms. The molecule has 0 aliphatic carbocycles. The molecule has 3 nitrogen and oxygen atoms in total. The molecule has 0 amide bonds. The van der Waals surface area contributed by atoms with Crippen LogP contribution in [0.3, 0.4) is 0 Å². The number of hydrogen-bond acceptors (Lipinski definition) is 3. The molecule has 2 aliphatic rings. The van der Waals surface area contributed by atoms with Gasteiger partial charge in [0, 0.05) is 18.4 Å². The van der Waals surface area contributed by atoms with Crippen molar-refractivity contribution in [2.24, 2.45) is 11.8 Å². The van der Waals surface area contributed by atoms with Gasteiger partial charge in [0.25, 0.3) is 0 Å². The van der Waals surface area contributed by atoms with E-state index in [9.17, 15) is 4.79 Å². The van der Waals surface area contributed by atoms with Crippen molar-refractivity contribution in [3.05, 3.63) is 0 Å². The molecule has 2 atom stereocenters. The molecule has 0 N–H and O–H groups in total. The van der Waals surface area contributed by atoms with E-state index >= 15 is 0 Å². The van der Waals surface area contributed by atoms with Crippen LogP contribution >= 0.6 is 0 Å². The van der Waals surface area contributed by atoms with E-state index in [0.29, 0.717) is 30.9 Å². The lowest BCUT2D eigenvalue weighted by atomic mass is 9.84. The van der Waals surface area contributed by atoms with Crippen molar-refractivity contribution in [3.8, 4) is 0 Å². The number of piperidine rings is 2. The summed E-state index contributed by atoms with van der Waals surface area (Å²) in [7, 11) is 0. The minimum atomic E-state index is -0.0158. The lowest BCUT2D eigenvalue weighted by molar-refractivity contribution is -0.147. The molecule has 2 fully saturated rings. The van der Waals surface area contributed by atoms with E-state index < -0.39 is 0 Å². The van der Waals surface area contributed by atoms with Crippen molar-refractivity contribution in [2.45, 2.75) is 58.4 Å². The molecule has 2 heterocycles. The normalized spacial score (nSPS) is 29.1. The van der Waals surface area contributed by atoms with Gasteiger partial charge in [0.1, 0.15) is 0 Å². The van der Waals surface area contributed by atoms with Crippen LogP contribution in [0.4, 0.5) is 0 Å². The summed E-state index contributed by atoms with van der Waals surface area (Å²) >= 11 is 0. The van der Waals surface area contributed by atoms with Gasteiger partial charge in [0.15, 0.2) is 0 Å². The molecule has 0 radical (unpaired) electrons. The van der Waals surface area contributed by atoms with Gasteiger partial charge in [-0.1, -0.05) is 20.3 Å². The molecule has 0 saturated carbocycles. The molecule has 2 aliphatic heterocycles. The van der Waals surface area contributed by atoms with Crippen LogP contribution in [-0.2, 0) is 9.53 Å². The van der Waals surface area contributed by atoms with Crippen molar-refractivity contribution < 1.29 is 9.53 Å². The topological polar surface area (TPSA) is 29.5 Å². The smallest absolute Gasteiger partial charge is 0.306 e. The Morgan fingerprint density at radius 2 is 2.00 bits per heavy atom. The van der Waals surface area contributed by atoms with Crippen LogP contribution in [0.1, 0.15) is 52.4 Å². The monoisotopic (exact) mass is 253 g/mol. The fourth-order valence-corrected chi connectivity index (χ4v) is 3.36. The minimum Gasteiger partial charge on any atom is -0.465 e. The maximum atomic E-state index is 11.6. The van der Waals surface area contributed by atoms with E-state index in [1.807, 2.05) is 0 Å². The maximum Gasteiger partial charge on any atom is 0.306 e. The Morgan fingerprint density at radius 1 is 1.22 bits per heavy atom. The highest BCUT2D eigenvalue weighted by atomic mass is 16.5. The number of ether oxygens (including phenoxy) is 1. The lowest BCUT2D eigenvalue weighted by Crippen LogP contribution is -2.49. The number of carbonyl (C=O) groups is 1. The van der Waals surface area contributed by atoms with Crippen LogP contribution in [0.5, 0.6) is 0 Å². The van der Waals surface area contributed by atoms with E-state index in [4.69, 9.17) is 4.74 Å². The van der Waals surface area contributed by atoms with E-state index in [1.54, 1.807) is 0 Å². The average molecular weight is 253 g/mol. The van der Waals surface area contributed by atoms with Crippen LogP contribution in [0.15, 0.2) is 0 Å². The summed E-state index contributed by atoms with van der Waals surface area (Å²) < 4.78 is 5.48. The fraction of sp³-hybridized carbons (Fsp3) is 0.933. The molecule has 0 aromatic carbocycles. The molecule has 18 heavy (non-hydrogen) atoms. The zero-order valence-corrected chi connectivity index (χ0v) is 11.9. The SMILES string of the molecule is CC(C)CC(=O)OC[C@@H]1CCCN2CCCC[C@H]12. The quantitative estimate of drug-likeness (QED) is 0.722. The summed E-state index contributed by atoms with van der Waals surface area (Å²) in [6.45, 7) is 7.27. The average Bonchev–Trinajstić information content (AvgIpc) is 2.35. The third-order valence-electron chi connectivity index (χ3n) is 4.26. The summed E-state index contributed by atoms with van der Waals surface area (Å²) in [5.41, 5.74) is 0. The van der Waals surface area contributed by atoms with Gasteiger partial charge in [0.2, 0.25) is 0 Å². The Balaban J connectivity index is 1.79. The van der Waals surface area contributed by atoms with Gasteiger partial charge in [-0.3, -0.25) is 9.69 Å². The van der Waals surface area contributed by atoms with E-state index in [2.05, 4.69) is 18.7 Å². The first-order chi connectivity index (χ1) is 8.66. The highest BCUT2D eigenvalue weighted by Gasteiger charge is 2.33. The first-order valence-corrected chi connectivity index (χ1v) is 7.56. The second-order valence-electron chi connectivity index (χ2n) is 6.28. The molecule has 0 aromatic heterocycles. The molecule has 0 spiro atoms. The Morgan fingerprint density at radius 3 is 2.78 bits per heavy atom. The highest BCUT2D eigenvalue weighted by Crippen LogP contribution is 2.31. The zero-order valence-electron chi connectivity index (χ0n) is 11.9.